The minimum absolute atomic E-state index is 0.555. The molecule has 0 aliphatic rings. The molecule has 0 aliphatic carbocycles. The zero-order chi connectivity index (χ0) is 33.0. The first-order valence-corrected chi connectivity index (χ1v) is 16.5. The van der Waals surface area contributed by atoms with Gasteiger partial charge in [-0.1, -0.05) is 115 Å². The lowest BCUT2D eigenvalue weighted by Crippen LogP contribution is -2.01. The summed E-state index contributed by atoms with van der Waals surface area (Å²) in [5.41, 5.74) is 9.72. The fraction of sp³-hybridized carbons (Fsp3) is 0. The van der Waals surface area contributed by atoms with E-state index in [1.807, 2.05) is 91.1 Å². The average molecular weight is 643 g/mol. The second-order valence-electron chi connectivity index (χ2n) is 12.2. The number of fused-ring (bicyclic) bond motifs is 6. The minimum Gasteiger partial charge on any atom is -0.455 e. The number of nitrogens with zero attached hydrogens (tertiary/aromatic N) is 4. The van der Waals surface area contributed by atoms with Crippen molar-refractivity contribution in [1.82, 2.24) is 19.9 Å². The van der Waals surface area contributed by atoms with Crippen LogP contribution >= 0.6 is 0 Å². The van der Waals surface area contributed by atoms with Gasteiger partial charge in [0.1, 0.15) is 22.3 Å². The number of furan rings is 2. The van der Waals surface area contributed by atoms with Crippen LogP contribution in [0.1, 0.15) is 0 Å². The molecule has 0 saturated heterocycles. The van der Waals surface area contributed by atoms with Gasteiger partial charge in [-0.2, -0.15) is 0 Å². The minimum atomic E-state index is 0.555. The molecule has 0 unspecified atom stereocenters. The third-order valence-corrected chi connectivity index (χ3v) is 9.27. The van der Waals surface area contributed by atoms with Crippen molar-refractivity contribution in [2.75, 3.05) is 0 Å². The Hall–Kier alpha value is -6.92. The SMILES string of the molecule is c1ccc(-c2nc(-c3ccccc3-c3cccnc3)nc(-c3ccc(-c4cccc5c4oc4ccccc45)c4oc5ccccc5c34)n2)cc1. The second-order valence-corrected chi connectivity index (χ2v) is 12.2. The van der Waals surface area contributed by atoms with E-state index in [0.29, 0.717) is 17.5 Å². The van der Waals surface area contributed by atoms with Gasteiger partial charge < -0.3 is 8.83 Å². The molecule has 234 valence electrons. The van der Waals surface area contributed by atoms with Crippen LogP contribution in [-0.2, 0) is 0 Å². The van der Waals surface area contributed by atoms with Crippen LogP contribution in [-0.4, -0.2) is 19.9 Å². The Morgan fingerprint density at radius 1 is 0.360 bits per heavy atom. The molecule has 0 aliphatic heterocycles. The highest BCUT2D eigenvalue weighted by molar-refractivity contribution is 6.18. The maximum absolute atomic E-state index is 6.71. The van der Waals surface area contributed by atoms with Gasteiger partial charge in [0.05, 0.1) is 0 Å². The van der Waals surface area contributed by atoms with Crippen molar-refractivity contribution >= 4 is 43.9 Å². The van der Waals surface area contributed by atoms with Crippen molar-refractivity contribution in [3.8, 4) is 56.4 Å². The predicted octanol–water partition coefficient (Wildman–Crippen LogP) is 11.4. The number of hydrogen-bond donors (Lipinski definition) is 0. The van der Waals surface area contributed by atoms with Crippen LogP contribution in [0.5, 0.6) is 0 Å². The van der Waals surface area contributed by atoms with Crippen LogP contribution in [0.2, 0.25) is 0 Å². The lowest BCUT2D eigenvalue weighted by Gasteiger charge is -2.13. The Balaban J connectivity index is 1.25. The smallest absolute Gasteiger partial charge is 0.164 e. The van der Waals surface area contributed by atoms with Gasteiger partial charge in [0.2, 0.25) is 0 Å². The largest absolute Gasteiger partial charge is 0.455 e. The molecule has 50 heavy (non-hydrogen) atoms. The predicted molar refractivity (Wildman–Crippen MR) is 199 cm³/mol. The van der Waals surface area contributed by atoms with Crippen LogP contribution in [0.15, 0.2) is 167 Å². The Labute approximate surface area is 286 Å². The van der Waals surface area contributed by atoms with Gasteiger partial charge in [0.25, 0.3) is 0 Å². The first-order chi connectivity index (χ1) is 24.8. The van der Waals surface area contributed by atoms with Gasteiger partial charge in [0.15, 0.2) is 17.5 Å². The summed E-state index contributed by atoms with van der Waals surface area (Å²) in [6.07, 6.45) is 3.64. The molecule has 10 aromatic rings. The highest BCUT2D eigenvalue weighted by Crippen LogP contribution is 2.44. The number of benzene rings is 6. The van der Waals surface area contributed by atoms with Crippen LogP contribution in [0.25, 0.3) is 100 Å². The van der Waals surface area contributed by atoms with E-state index in [9.17, 15) is 0 Å². The molecule has 0 radical (unpaired) electrons. The monoisotopic (exact) mass is 642 g/mol. The van der Waals surface area contributed by atoms with E-state index in [1.165, 1.54) is 0 Å². The molecule has 4 aromatic heterocycles. The van der Waals surface area contributed by atoms with Gasteiger partial charge >= 0.3 is 0 Å². The van der Waals surface area contributed by atoms with E-state index in [-0.39, 0.29) is 0 Å². The molecule has 6 heteroatoms. The molecule has 0 N–H and O–H groups in total. The number of pyridine rings is 1. The number of para-hydroxylation sites is 3. The lowest BCUT2D eigenvalue weighted by atomic mass is 9.96. The van der Waals surface area contributed by atoms with E-state index >= 15 is 0 Å². The summed E-state index contributed by atoms with van der Waals surface area (Å²) < 4.78 is 13.2. The van der Waals surface area contributed by atoms with E-state index in [4.69, 9.17) is 23.8 Å². The van der Waals surface area contributed by atoms with Gasteiger partial charge in [-0.15, -0.1) is 0 Å². The molecule has 0 spiro atoms. The van der Waals surface area contributed by atoms with Crippen LogP contribution in [0.4, 0.5) is 0 Å². The Morgan fingerprint density at radius 2 is 0.940 bits per heavy atom. The number of rotatable bonds is 5. The molecule has 0 bridgehead atoms. The lowest BCUT2D eigenvalue weighted by molar-refractivity contribution is 0.665. The first-order valence-electron chi connectivity index (χ1n) is 16.5. The topological polar surface area (TPSA) is 77.8 Å². The average Bonchev–Trinajstić information content (AvgIpc) is 3.77. The van der Waals surface area contributed by atoms with Gasteiger partial charge in [-0.05, 0) is 35.9 Å². The van der Waals surface area contributed by atoms with Crippen molar-refractivity contribution in [2.45, 2.75) is 0 Å². The van der Waals surface area contributed by atoms with Gasteiger partial charge in [-0.25, -0.2) is 15.0 Å². The third kappa shape index (κ3) is 4.50. The zero-order valence-electron chi connectivity index (χ0n) is 26.6. The Bertz CT molecular complexity index is 2880. The molecular formula is C44H26N4O2. The molecule has 0 amide bonds. The normalized spacial score (nSPS) is 11.6. The summed E-state index contributed by atoms with van der Waals surface area (Å²) in [5.74, 6) is 1.72. The molecule has 10 rings (SSSR count). The number of hydrogen-bond acceptors (Lipinski definition) is 6. The fourth-order valence-electron chi connectivity index (χ4n) is 6.97. The van der Waals surface area contributed by atoms with Gasteiger partial charge in [0, 0.05) is 67.3 Å². The quantitative estimate of drug-likeness (QED) is 0.186. The maximum atomic E-state index is 6.71. The van der Waals surface area contributed by atoms with Gasteiger partial charge in [-0.3, -0.25) is 4.98 Å². The summed E-state index contributed by atoms with van der Waals surface area (Å²) in [6, 6.07) is 48.9. The van der Waals surface area contributed by atoms with Crippen molar-refractivity contribution < 1.29 is 8.83 Å². The molecule has 0 saturated carbocycles. The van der Waals surface area contributed by atoms with Crippen LogP contribution in [0.3, 0.4) is 0 Å². The Kier molecular flexibility index (Phi) is 6.39. The van der Waals surface area contributed by atoms with Crippen molar-refractivity contribution in [1.29, 1.82) is 0 Å². The number of aromatic nitrogens is 4. The van der Waals surface area contributed by atoms with E-state index in [2.05, 4.69) is 65.6 Å². The fourth-order valence-corrected chi connectivity index (χ4v) is 6.97. The summed E-state index contributed by atoms with van der Waals surface area (Å²) in [4.78, 5) is 19.8. The van der Waals surface area contributed by atoms with E-state index in [0.717, 1.165) is 82.8 Å². The van der Waals surface area contributed by atoms with Crippen molar-refractivity contribution in [2.24, 2.45) is 0 Å². The summed E-state index contributed by atoms with van der Waals surface area (Å²) >= 11 is 0. The Morgan fingerprint density at radius 3 is 1.76 bits per heavy atom. The molecule has 4 heterocycles. The molecule has 6 nitrogen and oxygen atoms in total. The van der Waals surface area contributed by atoms with Crippen LogP contribution in [0, 0.1) is 0 Å². The van der Waals surface area contributed by atoms with E-state index in [1.54, 1.807) is 6.20 Å². The molecule has 0 atom stereocenters. The highest BCUT2D eigenvalue weighted by Gasteiger charge is 2.23. The first kappa shape index (κ1) is 28.1. The van der Waals surface area contributed by atoms with Crippen LogP contribution < -0.4 is 0 Å². The molecule has 6 aromatic carbocycles. The molecule has 0 fully saturated rings. The van der Waals surface area contributed by atoms with Crippen molar-refractivity contribution in [3.05, 3.63) is 158 Å². The summed E-state index contributed by atoms with van der Waals surface area (Å²) in [7, 11) is 0. The third-order valence-electron chi connectivity index (χ3n) is 9.27. The zero-order valence-corrected chi connectivity index (χ0v) is 26.6. The summed E-state index contributed by atoms with van der Waals surface area (Å²) in [6.45, 7) is 0. The van der Waals surface area contributed by atoms with E-state index < -0.39 is 0 Å². The summed E-state index contributed by atoms with van der Waals surface area (Å²) in [5, 5.41) is 4.06. The van der Waals surface area contributed by atoms with Crippen molar-refractivity contribution in [3.63, 3.8) is 0 Å². The standard InChI is InChI=1S/C44H26N4O2/c1-2-12-27(13-3-1)42-46-43(34-17-5-4-15-29(34)28-14-11-25-45-26-28)48-44(47-42)36-24-23-33(41-39(36)35-18-7-9-22-38(35)50-41)32-20-10-19-31-30-16-6-8-21-37(30)49-40(31)32/h1-26H. The highest BCUT2D eigenvalue weighted by atomic mass is 16.3. The molecular weight excluding hydrogens is 617 g/mol. The second kappa shape index (κ2) is 11.4. The maximum Gasteiger partial charge on any atom is 0.164 e.